The topological polar surface area (TPSA) is 118 Å². The Bertz CT molecular complexity index is 1320. The SMILES string of the molecule is CCc1cc2ncc(CN3CCN(c4cnc(C(=O)NC)c(Cl)c4)C(CC#N)C3)cc2[nH]c1=O. The third-order valence-electron chi connectivity index (χ3n) is 6.11. The zero-order valence-corrected chi connectivity index (χ0v) is 19.9. The van der Waals surface area contributed by atoms with Crippen molar-refractivity contribution in [2.45, 2.75) is 32.4 Å². The average molecular weight is 480 g/mol. The first-order valence-electron chi connectivity index (χ1n) is 11.2. The highest BCUT2D eigenvalue weighted by Crippen LogP contribution is 2.27. The fourth-order valence-corrected chi connectivity index (χ4v) is 4.57. The van der Waals surface area contributed by atoms with Crippen LogP contribution in [-0.2, 0) is 13.0 Å². The van der Waals surface area contributed by atoms with Crippen molar-refractivity contribution in [2.75, 3.05) is 31.6 Å². The fraction of sp³-hybridized carbons (Fsp3) is 0.375. The summed E-state index contributed by atoms with van der Waals surface area (Å²) in [5.41, 5.74) is 4.11. The molecule has 0 bridgehead atoms. The molecule has 0 saturated carbocycles. The summed E-state index contributed by atoms with van der Waals surface area (Å²) in [5, 5.41) is 12.2. The van der Waals surface area contributed by atoms with Gasteiger partial charge in [0.1, 0.15) is 5.69 Å². The minimum absolute atomic E-state index is 0.0530. The number of aryl methyl sites for hydroxylation is 1. The molecule has 0 radical (unpaired) electrons. The number of carbonyl (C=O) groups excluding carboxylic acids is 1. The van der Waals surface area contributed by atoms with Crippen molar-refractivity contribution in [1.82, 2.24) is 25.2 Å². The molecule has 34 heavy (non-hydrogen) atoms. The molecule has 10 heteroatoms. The Morgan fingerprint density at radius 2 is 2.12 bits per heavy atom. The predicted octanol–water partition coefficient (Wildman–Crippen LogP) is 2.50. The molecule has 0 spiro atoms. The first-order valence-corrected chi connectivity index (χ1v) is 11.6. The van der Waals surface area contributed by atoms with E-state index in [9.17, 15) is 14.9 Å². The summed E-state index contributed by atoms with van der Waals surface area (Å²) < 4.78 is 0. The quantitative estimate of drug-likeness (QED) is 0.557. The van der Waals surface area contributed by atoms with E-state index in [2.05, 4.69) is 36.1 Å². The van der Waals surface area contributed by atoms with E-state index < -0.39 is 0 Å². The number of pyridine rings is 3. The lowest BCUT2D eigenvalue weighted by Gasteiger charge is -2.42. The van der Waals surface area contributed by atoms with Crippen molar-refractivity contribution in [3.05, 3.63) is 62.8 Å². The van der Waals surface area contributed by atoms with Gasteiger partial charge < -0.3 is 15.2 Å². The first kappa shape index (κ1) is 23.7. The maximum absolute atomic E-state index is 12.2. The van der Waals surface area contributed by atoms with Crippen LogP contribution in [0.4, 0.5) is 5.69 Å². The molecule has 1 atom stereocenters. The van der Waals surface area contributed by atoms with Crippen molar-refractivity contribution < 1.29 is 4.79 Å². The van der Waals surface area contributed by atoms with Crippen LogP contribution in [0.3, 0.4) is 0 Å². The number of hydrogen-bond donors (Lipinski definition) is 2. The van der Waals surface area contributed by atoms with Gasteiger partial charge in [0, 0.05) is 45.0 Å². The number of halogens is 1. The summed E-state index contributed by atoms with van der Waals surface area (Å²) in [6, 6.07) is 7.76. The Hall–Kier alpha value is -3.48. The maximum atomic E-state index is 12.2. The number of amides is 1. The number of aromatic nitrogens is 3. The summed E-state index contributed by atoms with van der Waals surface area (Å²) in [5.74, 6) is -0.341. The molecule has 1 unspecified atom stereocenters. The van der Waals surface area contributed by atoms with Crippen molar-refractivity contribution in [3.63, 3.8) is 0 Å². The Labute approximate surface area is 202 Å². The van der Waals surface area contributed by atoms with Crippen LogP contribution in [0.15, 0.2) is 35.4 Å². The van der Waals surface area contributed by atoms with Gasteiger partial charge in [0.15, 0.2) is 0 Å². The highest BCUT2D eigenvalue weighted by Gasteiger charge is 2.28. The second-order valence-electron chi connectivity index (χ2n) is 8.30. The molecule has 9 nitrogen and oxygen atoms in total. The van der Waals surface area contributed by atoms with E-state index in [0.717, 1.165) is 34.4 Å². The van der Waals surface area contributed by atoms with Crippen LogP contribution in [0.2, 0.25) is 5.02 Å². The first-order chi connectivity index (χ1) is 16.4. The number of nitriles is 1. The van der Waals surface area contributed by atoms with Gasteiger partial charge >= 0.3 is 0 Å². The number of piperazine rings is 1. The van der Waals surface area contributed by atoms with Crippen LogP contribution >= 0.6 is 11.6 Å². The third kappa shape index (κ3) is 4.88. The average Bonchev–Trinajstić information content (AvgIpc) is 2.83. The number of hydrogen-bond acceptors (Lipinski definition) is 7. The van der Waals surface area contributed by atoms with Crippen LogP contribution in [0, 0.1) is 11.3 Å². The van der Waals surface area contributed by atoms with Crippen molar-refractivity contribution >= 4 is 34.2 Å². The van der Waals surface area contributed by atoms with Gasteiger partial charge in [0.25, 0.3) is 11.5 Å². The third-order valence-corrected chi connectivity index (χ3v) is 6.40. The van der Waals surface area contributed by atoms with Crippen LogP contribution in [0.25, 0.3) is 11.0 Å². The van der Waals surface area contributed by atoms with E-state index in [0.29, 0.717) is 32.5 Å². The maximum Gasteiger partial charge on any atom is 0.271 e. The fourth-order valence-electron chi connectivity index (χ4n) is 4.33. The molecule has 0 aromatic carbocycles. The summed E-state index contributed by atoms with van der Waals surface area (Å²) in [4.78, 5) is 40.2. The van der Waals surface area contributed by atoms with E-state index in [1.807, 2.05) is 25.3 Å². The lowest BCUT2D eigenvalue weighted by molar-refractivity contribution is 0.0958. The Kier molecular flexibility index (Phi) is 7.10. The molecule has 4 heterocycles. The molecule has 1 saturated heterocycles. The van der Waals surface area contributed by atoms with Crippen LogP contribution in [-0.4, -0.2) is 58.5 Å². The van der Waals surface area contributed by atoms with E-state index in [1.54, 1.807) is 12.3 Å². The zero-order chi connectivity index (χ0) is 24.2. The van der Waals surface area contributed by atoms with E-state index in [1.165, 1.54) is 7.05 Å². The molecule has 3 aromatic rings. The molecule has 4 rings (SSSR count). The van der Waals surface area contributed by atoms with Crippen molar-refractivity contribution in [3.8, 4) is 6.07 Å². The lowest BCUT2D eigenvalue weighted by Crippen LogP contribution is -2.53. The molecular formula is C24H26ClN7O2. The normalized spacial score (nSPS) is 16.4. The molecular weight excluding hydrogens is 454 g/mol. The molecule has 3 aromatic heterocycles. The number of carbonyl (C=O) groups is 1. The summed E-state index contributed by atoms with van der Waals surface area (Å²) in [6.45, 7) is 4.72. The number of nitrogens with zero attached hydrogens (tertiary/aromatic N) is 5. The molecule has 1 aliphatic rings. The summed E-state index contributed by atoms with van der Waals surface area (Å²) in [7, 11) is 1.53. The van der Waals surface area contributed by atoms with Gasteiger partial charge in [-0.1, -0.05) is 18.5 Å². The minimum atomic E-state index is -0.341. The molecule has 176 valence electrons. The number of rotatable bonds is 6. The van der Waals surface area contributed by atoms with Crippen LogP contribution in [0.1, 0.15) is 35.0 Å². The largest absolute Gasteiger partial charge is 0.364 e. The zero-order valence-electron chi connectivity index (χ0n) is 19.1. The summed E-state index contributed by atoms with van der Waals surface area (Å²) in [6.07, 6.45) is 4.47. The number of H-pyrrole nitrogens is 1. The monoisotopic (exact) mass is 479 g/mol. The Balaban J connectivity index is 1.51. The number of nitrogens with one attached hydrogen (secondary N) is 2. The Morgan fingerprint density at radius 3 is 2.82 bits per heavy atom. The molecule has 1 aliphatic heterocycles. The van der Waals surface area contributed by atoms with Crippen LogP contribution < -0.4 is 15.8 Å². The van der Waals surface area contributed by atoms with Gasteiger partial charge in [-0.3, -0.25) is 19.5 Å². The van der Waals surface area contributed by atoms with Gasteiger partial charge in [0.2, 0.25) is 0 Å². The predicted molar refractivity (Wildman–Crippen MR) is 131 cm³/mol. The van der Waals surface area contributed by atoms with Gasteiger partial charge in [-0.25, -0.2) is 4.98 Å². The second-order valence-corrected chi connectivity index (χ2v) is 8.71. The molecule has 1 amide bonds. The van der Waals surface area contributed by atoms with Crippen molar-refractivity contribution in [1.29, 1.82) is 5.26 Å². The molecule has 0 aliphatic carbocycles. The van der Waals surface area contributed by atoms with Gasteiger partial charge in [-0.15, -0.1) is 0 Å². The number of aromatic amines is 1. The highest BCUT2D eigenvalue weighted by molar-refractivity contribution is 6.33. The van der Waals surface area contributed by atoms with E-state index in [-0.39, 0.29) is 28.2 Å². The number of fused-ring (bicyclic) bond motifs is 1. The number of anilines is 1. The molecule has 2 N–H and O–H groups in total. The van der Waals surface area contributed by atoms with E-state index in [4.69, 9.17) is 11.6 Å². The summed E-state index contributed by atoms with van der Waals surface area (Å²) >= 11 is 6.30. The smallest absolute Gasteiger partial charge is 0.271 e. The standard InChI is InChI=1S/C24H26ClN7O2/c1-3-16-9-20-21(30-23(16)33)8-15(11-28-20)13-31-6-7-32(17(14-31)4-5-26)18-10-19(25)22(29-12-18)24(34)27-2/h8-12,17H,3-4,6-7,13-14H2,1-2H3,(H,27,34)(H,30,33). The molecule has 1 fully saturated rings. The van der Waals surface area contributed by atoms with Crippen LogP contribution in [0.5, 0.6) is 0 Å². The Morgan fingerprint density at radius 1 is 1.29 bits per heavy atom. The van der Waals surface area contributed by atoms with Gasteiger partial charge in [-0.05, 0) is 30.2 Å². The van der Waals surface area contributed by atoms with E-state index >= 15 is 0 Å². The lowest BCUT2D eigenvalue weighted by atomic mass is 10.1. The van der Waals surface area contributed by atoms with Crippen molar-refractivity contribution in [2.24, 2.45) is 0 Å². The minimum Gasteiger partial charge on any atom is -0.364 e. The second kappa shape index (κ2) is 10.2. The highest BCUT2D eigenvalue weighted by atomic mass is 35.5. The van der Waals surface area contributed by atoms with Gasteiger partial charge in [0.05, 0.1) is 46.5 Å². The van der Waals surface area contributed by atoms with Gasteiger partial charge in [-0.2, -0.15) is 5.26 Å².